The van der Waals surface area contributed by atoms with Crippen LogP contribution in [0.3, 0.4) is 0 Å². The van der Waals surface area contributed by atoms with Crippen LogP contribution in [0.2, 0.25) is 0 Å². The lowest BCUT2D eigenvalue weighted by molar-refractivity contribution is 0.220. The minimum Gasteiger partial charge on any atom is -0.493 e. The summed E-state index contributed by atoms with van der Waals surface area (Å²) >= 11 is 0. The number of hydrogen-bond acceptors (Lipinski definition) is 7. The van der Waals surface area contributed by atoms with E-state index >= 15 is 0 Å². The van der Waals surface area contributed by atoms with Crippen molar-refractivity contribution >= 4 is 11.6 Å². The molecule has 4 heterocycles. The second-order valence-electron chi connectivity index (χ2n) is 8.71. The Morgan fingerprint density at radius 1 is 1.15 bits per heavy atom. The van der Waals surface area contributed by atoms with Gasteiger partial charge < -0.3 is 15.0 Å². The van der Waals surface area contributed by atoms with Crippen molar-refractivity contribution in [1.29, 1.82) is 0 Å². The third-order valence-corrected chi connectivity index (χ3v) is 6.04. The van der Waals surface area contributed by atoms with Crippen LogP contribution in [0.25, 0.3) is 16.9 Å². The predicted octanol–water partition coefficient (Wildman–Crippen LogP) is 3.04. The largest absolute Gasteiger partial charge is 0.493 e. The number of halogens is 2. The van der Waals surface area contributed by atoms with Gasteiger partial charge in [-0.2, -0.15) is 4.52 Å². The number of methoxy groups -OCH3 is 1. The maximum Gasteiger partial charge on any atom is 0.223 e. The van der Waals surface area contributed by atoms with Gasteiger partial charge in [0.05, 0.1) is 18.5 Å². The molecular weight excluding hydrogens is 442 g/mol. The minimum atomic E-state index is -0.816. The van der Waals surface area contributed by atoms with Crippen LogP contribution in [0, 0.1) is 11.6 Å². The molecule has 0 bridgehead atoms. The zero-order valence-corrected chi connectivity index (χ0v) is 19.3. The zero-order valence-electron chi connectivity index (χ0n) is 19.3. The Labute approximate surface area is 195 Å². The molecule has 0 atom stereocenters. The summed E-state index contributed by atoms with van der Waals surface area (Å²) in [5.74, 6) is 0.552. The van der Waals surface area contributed by atoms with Crippen LogP contribution in [0.1, 0.15) is 37.1 Å². The first-order chi connectivity index (χ1) is 16.3. The number of benzene rings is 1. The number of hydrogen-bond donors (Lipinski definition) is 1. The molecule has 11 heteroatoms. The molecule has 178 valence electrons. The van der Waals surface area contributed by atoms with Gasteiger partial charge >= 0.3 is 0 Å². The molecule has 1 aromatic carbocycles. The molecule has 2 N–H and O–H groups in total. The molecule has 4 aromatic rings. The van der Waals surface area contributed by atoms with Gasteiger partial charge in [0.1, 0.15) is 11.6 Å². The third-order valence-electron chi connectivity index (χ3n) is 6.04. The minimum absolute atomic E-state index is 0.0704. The number of nitrogens with two attached hydrogens (primary N) is 1. The Balaban J connectivity index is 1.36. The molecule has 1 aliphatic heterocycles. The van der Waals surface area contributed by atoms with Gasteiger partial charge in [-0.1, -0.05) is 13.8 Å². The SMILES string of the molecule is COc1c(F)cc(F)cc1-c1cc2nc(CCN3CCn4c(cnc4C(C)C)C3)nn2c(N)n1. The lowest BCUT2D eigenvalue weighted by atomic mass is 10.1. The molecule has 1 aliphatic rings. The second kappa shape index (κ2) is 8.64. The quantitative estimate of drug-likeness (QED) is 0.464. The Kier molecular flexibility index (Phi) is 5.64. The molecule has 0 radical (unpaired) electrons. The molecule has 0 fully saturated rings. The van der Waals surface area contributed by atoms with Crippen molar-refractivity contribution in [2.45, 2.75) is 39.3 Å². The van der Waals surface area contributed by atoms with E-state index in [1.165, 1.54) is 17.3 Å². The summed E-state index contributed by atoms with van der Waals surface area (Å²) in [6.07, 6.45) is 2.58. The van der Waals surface area contributed by atoms with E-state index in [1.54, 1.807) is 6.07 Å². The molecule has 9 nitrogen and oxygen atoms in total. The van der Waals surface area contributed by atoms with Crippen molar-refractivity contribution in [3.8, 4) is 17.0 Å². The van der Waals surface area contributed by atoms with Crippen LogP contribution in [0.15, 0.2) is 24.4 Å². The molecule has 0 spiro atoms. The third kappa shape index (κ3) is 3.96. The fourth-order valence-corrected chi connectivity index (χ4v) is 4.43. The van der Waals surface area contributed by atoms with Crippen molar-refractivity contribution < 1.29 is 13.5 Å². The number of nitrogen functional groups attached to an aromatic ring is 1. The molecule has 34 heavy (non-hydrogen) atoms. The fraction of sp³-hybridized carbons (Fsp3) is 0.391. The Morgan fingerprint density at radius 3 is 2.74 bits per heavy atom. The molecule has 3 aromatic heterocycles. The highest BCUT2D eigenvalue weighted by molar-refractivity contribution is 5.71. The highest BCUT2D eigenvalue weighted by Gasteiger charge is 2.22. The maximum absolute atomic E-state index is 14.2. The van der Waals surface area contributed by atoms with Gasteiger partial charge in [0.15, 0.2) is 23.0 Å². The summed E-state index contributed by atoms with van der Waals surface area (Å²) in [6.45, 7) is 7.75. The first-order valence-corrected chi connectivity index (χ1v) is 11.2. The number of aromatic nitrogens is 6. The van der Waals surface area contributed by atoms with Crippen LogP contribution < -0.4 is 10.5 Å². The highest BCUT2D eigenvalue weighted by Crippen LogP contribution is 2.33. The monoisotopic (exact) mass is 468 g/mol. The van der Waals surface area contributed by atoms with Crippen molar-refractivity contribution in [2.75, 3.05) is 25.9 Å². The second-order valence-corrected chi connectivity index (χ2v) is 8.71. The molecule has 0 aliphatic carbocycles. The smallest absolute Gasteiger partial charge is 0.223 e. The standard InChI is InChI=1S/C23H26F2N8O/c1-13(2)22-27-11-15-12-31(6-7-32(15)22)5-4-19-29-20-10-18(28-23(26)33(20)30-19)16-8-14(24)9-17(25)21(16)34-3/h8-11,13H,4-7,12H2,1-3H3,(H2,26,28). The number of fused-ring (bicyclic) bond motifs is 2. The Hall–Kier alpha value is -3.60. The Morgan fingerprint density at radius 2 is 1.97 bits per heavy atom. The molecule has 0 saturated carbocycles. The van der Waals surface area contributed by atoms with Gasteiger partial charge in [-0.25, -0.2) is 23.7 Å². The van der Waals surface area contributed by atoms with E-state index in [9.17, 15) is 8.78 Å². The van der Waals surface area contributed by atoms with Crippen LogP contribution in [0.5, 0.6) is 5.75 Å². The van der Waals surface area contributed by atoms with Crippen LogP contribution in [-0.4, -0.2) is 54.2 Å². The number of anilines is 1. The normalized spacial score (nSPS) is 14.2. The predicted molar refractivity (Wildman–Crippen MR) is 122 cm³/mol. The van der Waals surface area contributed by atoms with Crippen LogP contribution in [-0.2, 0) is 19.5 Å². The lowest BCUT2D eigenvalue weighted by Gasteiger charge is -2.29. The van der Waals surface area contributed by atoms with Crippen molar-refractivity contribution in [3.05, 3.63) is 53.4 Å². The van der Waals surface area contributed by atoms with E-state index in [0.717, 1.165) is 44.1 Å². The van der Waals surface area contributed by atoms with E-state index < -0.39 is 11.6 Å². The number of nitrogens with zero attached hydrogens (tertiary/aromatic N) is 7. The van der Waals surface area contributed by atoms with Crippen molar-refractivity contribution in [3.63, 3.8) is 0 Å². The molecular formula is C23H26F2N8O. The summed E-state index contributed by atoms with van der Waals surface area (Å²) in [7, 11) is 1.31. The lowest BCUT2D eigenvalue weighted by Crippen LogP contribution is -2.35. The summed E-state index contributed by atoms with van der Waals surface area (Å²) in [5, 5.41) is 4.48. The van der Waals surface area contributed by atoms with Crippen molar-refractivity contribution in [1.82, 2.24) is 34.0 Å². The van der Waals surface area contributed by atoms with E-state index in [-0.39, 0.29) is 23.0 Å². The van der Waals surface area contributed by atoms with E-state index in [2.05, 4.69) is 43.4 Å². The summed E-state index contributed by atoms with van der Waals surface area (Å²) in [6, 6.07) is 3.51. The van der Waals surface area contributed by atoms with Gasteiger partial charge in [0.2, 0.25) is 5.95 Å². The fourth-order valence-electron chi connectivity index (χ4n) is 4.43. The van der Waals surface area contributed by atoms with Crippen molar-refractivity contribution in [2.24, 2.45) is 0 Å². The van der Waals surface area contributed by atoms with E-state index in [4.69, 9.17) is 10.5 Å². The van der Waals surface area contributed by atoms with E-state index in [0.29, 0.717) is 23.8 Å². The van der Waals surface area contributed by atoms with Gasteiger partial charge in [-0.3, -0.25) is 4.90 Å². The van der Waals surface area contributed by atoms with Crippen LogP contribution >= 0.6 is 0 Å². The Bertz CT molecular complexity index is 1360. The summed E-state index contributed by atoms with van der Waals surface area (Å²) in [4.78, 5) is 15.8. The van der Waals surface area contributed by atoms with E-state index in [1.807, 2.05) is 6.20 Å². The highest BCUT2D eigenvalue weighted by atomic mass is 19.1. The number of imidazole rings is 1. The average Bonchev–Trinajstić information content (AvgIpc) is 3.41. The first-order valence-electron chi connectivity index (χ1n) is 11.2. The molecule has 5 rings (SSSR count). The average molecular weight is 469 g/mol. The van der Waals surface area contributed by atoms with Gasteiger partial charge in [-0.05, 0) is 6.07 Å². The summed E-state index contributed by atoms with van der Waals surface area (Å²) in [5.41, 5.74) is 8.17. The topological polar surface area (TPSA) is 99.4 Å². The van der Waals surface area contributed by atoms with Gasteiger partial charge in [0.25, 0.3) is 0 Å². The van der Waals surface area contributed by atoms with Gasteiger partial charge in [-0.15, -0.1) is 5.10 Å². The molecule has 0 unspecified atom stereocenters. The van der Waals surface area contributed by atoms with Gasteiger partial charge in [0, 0.05) is 62.4 Å². The first kappa shape index (κ1) is 22.2. The maximum atomic E-state index is 14.2. The number of rotatable bonds is 6. The van der Waals surface area contributed by atoms with Crippen LogP contribution in [0.4, 0.5) is 14.7 Å². The summed E-state index contributed by atoms with van der Waals surface area (Å²) < 4.78 is 36.9. The molecule has 0 amide bonds. The molecule has 0 saturated heterocycles. The zero-order chi connectivity index (χ0) is 24.0. The number of ether oxygens (including phenoxy) is 1.